The lowest BCUT2D eigenvalue weighted by atomic mass is 9.86. The van der Waals surface area contributed by atoms with Crippen LogP contribution in [0.5, 0.6) is 5.75 Å². The number of hydrazone groups is 1. The molecular weight excluding hydrogens is 334 g/mol. The number of aromatic hydroxyl groups is 1. The summed E-state index contributed by atoms with van der Waals surface area (Å²) in [5.41, 5.74) is 4.47. The van der Waals surface area contributed by atoms with Crippen molar-refractivity contribution in [2.45, 2.75) is 32.6 Å². The van der Waals surface area contributed by atoms with E-state index >= 15 is 0 Å². The minimum absolute atomic E-state index is 0.0534. The first-order valence-corrected chi connectivity index (χ1v) is 8.05. The highest BCUT2D eigenvalue weighted by molar-refractivity contribution is 5.84. The predicted molar refractivity (Wildman–Crippen MR) is 99.3 cm³/mol. The molecule has 2 aromatic carbocycles. The van der Waals surface area contributed by atoms with E-state index in [1.807, 2.05) is 24.3 Å². The Hall–Kier alpha value is -3.22. The first-order valence-electron chi connectivity index (χ1n) is 8.05. The van der Waals surface area contributed by atoms with E-state index in [1.54, 1.807) is 0 Å². The summed E-state index contributed by atoms with van der Waals surface area (Å²) in [5, 5.41) is 24.0. The zero-order chi connectivity index (χ0) is 19.3. The Morgan fingerprint density at radius 1 is 1.23 bits per heavy atom. The summed E-state index contributed by atoms with van der Waals surface area (Å²) >= 11 is 0. The van der Waals surface area contributed by atoms with E-state index in [4.69, 9.17) is 0 Å². The number of benzene rings is 2. The third-order valence-electron chi connectivity index (χ3n) is 3.78. The van der Waals surface area contributed by atoms with E-state index in [1.165, 1.54) is 30.0 Å². The molecule has 0 aliphatic heterocycles. The van der Waals surface area contributed by atoms with Gasteiger partial charge in [-0.05, 0) is 28.7 Å². The van der Waals surface area contributed by atoms with Crippen molar-refractivity contribution in [2.24, 2.45) is 5.10 Å². The van der Waals surface area contributed by atoms with Crippen molar-refractivity contribution in [3.8, 4) is 5.75 Å². The van der Waals surface area contributed by atoms with Gasteiger partial charge in [-0.15, -0.1) is 0 Å². The van der Waals surface area contributed by atoms with Gasteiger partial charge in [0, 0.05) is 11.6 Å². The zero-order valence-electron chi connectivity index (χ0n) is 14.9. The number of nitro groups is 1. The number of hydrogen-bond donors (Lipinski definition) is 2. The quantitative estimate of drug-likeness (QED) is 0.488. The smallest absolute Gasteiger partial charge is 0.311 e. The van der Waals surface area contributed by atoms with Crippen LogP contribution >= 0.6 is 0 Å². The van der Waals surface area contributed by atoms with Gasteiger partial charge in [0.15, 0.2) is 5.75 Å². The van der Waals surface area contributed by atoms with Gasteiger partial charge in [-0.2, -0.15) is 5.10 Å². The molecule has 0 saturated heterocycles. The second-order valence-electron chi connectivity index (χ2n) is 6.92. The summed E-state index contributed by atoms with van der Waals surface area (Å²) in [4.78, 5) is 22.0. The number of amides is 1. The first kappa shape index (κ1) is 19.1. The maximum Gasteiger partial charge on any atom is 0.311 e. The second kappa shape index (κ2) is 7.77. The Labute approximate surface area is 151 Å². The van der Waals surface area contributed by atoms with Gasteiger partial charge in [0.25, 0.3) is 0 Å². The Morgan fingerprint density at radius 3 is 2.46 bits per heavy atom. The zero-order valence-corrected chi connectivity index (χ0v) is 14.9. The number of nitrogens with one attached hydrogen (secondary N) is 1. The summed E-state index contributed by atoms with van der Waals surface area (Å²) in [5.74, 6) is -0.715. The van der Waals surface area contributed by atoms with Crippen LogP contribution in [0.4, 0.5) is 5.69 Å². The van der Waals surface area contributed by atoms with Gasteiger partial charge in [-0.25, -0.2) is 5.43 Å². The van der Waals surface area contributed by atoms with E-state index in [2.05, 4.69) is 31.3 Å². The first-order chi connectivity index (χ1) is 12.2. The predicted octanol–water partition coefficient (Wildman–Crippen LogP) is 3.29. The van der Waals surface area contributed by atoms with Crippen molar-refractivity contribution >= 4 is 17.8 Å². The van der Waals surface area contributed by atoms with Gasteiger partial charge < -0.3 is 5.11 Å². The van der Waals surface area contributed by atoms with Crippen molar-refractivity contribution in [1.29, 1.82) is 0 Å². The van der Waals surface area contributed by atoms with Gasteiger partial charge in [0.2, 0.25) is 5.91 Å². The molecule has 0 radical (unpaired) electrons. The molecule has 136 valence electrons. The number of phenols is 1. The Kier molecular flexibility index (Phi) is 5.71. The number of carbonyl (C=O) groups excluding carboxylic acids is 1. The highest BCUT2D eigenvalue weighted by Gasteiger charge is 2.14. The minimum atomic E-state index is -0.688. The highest BCUT2D eigenvalue weighted by atomic mass is 16.6. The molecule has 0 bridgehead atoms. The average molecular weight is 355 g/mol. The van der Waals surface area contributed by atoms with Crippen molar-refractivity contribution in [3.63, 3.8) is 0 Å². The number of nitrogens with zero attached hydrogens (tertiary/aromatic N) is 2. The van der Waals surface area contributed by atoms with Crippen molar-refractivity contribution < 1.29 is 14.8 Å². The third kappa shape index (κ3) is 5.14. The molecule has 2 rings (SSSR count). The standard InChI is InChI=1S/C19H21N3O4/c1-19(2,3)15-7-4-13(5-8-15)11-18(24)21-20-12-14-6-9-17(23)16(10-14)22(25)26/h4-10,12,23H,11H2,1-3H3,(H,21,24)/b20-12-. The molecule has 0 unspecified atom stereocenters. The number of phenolic OH excluding ortho intramolecular Hbond substituents is 1. The Balaban J connectivity index is 1.95. The molecule has 7 heteroatoms. The van der Waals surface area contributed by atoms with Crippen molar-refractivity contribution in [3.05, 3.63) is 69.3 Å². The second-order valence-corrected chi connectivity index (χ2v) is 6.92. The lowest BCUT2D eigenvalue weighted by molar-refractivity contribution is -0.385. The summed E-state index contributed by atoms with van der Waals surface area (Å²) in [6, 6.07) is 11.7. The van der Waals surface area contributed by atoms with Crippen LogP contribution in [-0.2, 0) is 16.6 Å². The van der Waals surface area contributed by atoms with Crippen LogP contribution in [0.2, 0.25) is 0 Å². The van der Waals surface area contributed by atoms with E-state index in [9.17, 15) is 20.0 Å². The minimum Gasteiger partial charge on any atom is -0.502 e. The SMILES string of the molecule is CC(C)(C)c1ccc(CC(=O)N/N=C\c2ccc(O)c([N+](=O)[O-])c2)cc1. The Morgan fingerprint density at radius 2 is 1.88 bits per heavy atom. The molecule has 0 saturated carbocycles. The van der Waals surface area contributed by atoms with Crippen LogP contribution in [0.1, 0.15) is 37.5 Å². The van der Waals surface area contributed by atoms with Crippen molar-refractivity contribution in [1.82, 2.24) is 5.43 Å². The molecule has 0 spiro atoms. The fraction of sp³-hybridized carbons (Fsp3) is 0.263. The van der Waals surface area contributed by atoms with Gasteiger partial charge in [0.05, 0.1) is 17.6 Å². The number of hydrogen-bond acceptors (Lipinski definition) is 5. The molecule has 7 nitrogen and oxygen atoms in total. The molecule has 0 aromatic heterocycles. The van der Waals surface area contributed by atoms with Crippen LogP contribution in [0.25, 0.3) is 0 Å². The molecule has 2 aromatic rings. The molecule has 1 amide bonds. The monoisotopic (exact) mass is 355 g/mol. The number of nitro benzene ring substituents is 1. The fourth-order valence-corrected chi connectivity index (χ4v) is 2.29. The van der Waals surface area contributed by atoms with Gasteiger partial charge in [-0.1, -0.05) is 45.0 Å². The summed E-state index contributed by atoms with van der Waals surface area (Å²) in [7, 11) is 0. The lowest BCUT2D eigenvalue weighted by Gasteiger charge is -2.19. The lowest BCUT2D eigenvalue weighted by Crippen LogP contribution is -2.20. The molecule has 0 atom stereocenters. The third-order valence-corrected chi connectivity index (χ3v) is 3.78. The average Bonchev–Trinajstić information content (AvgIpc) is 2.55. The van der Waals surface area contributed by atoms with E-state index < -0.39 is 16.4 Å². The maximum absolute atomic E-state index is 11.9. The largest absolute Gasteiger partial charge is 0.502 e. The molecular formula is C19H21N3O4. The maximum atomic E-state index is 11.9. The van der Waals surface area contributed by atoms with Crippen molar-refractivity contribution in [2.75, 3.05) is 0 Å². The summed E-state index contributed by atoms with van der Waals surface area (Å²) in [6.45, 7) is 6.37. The highest BCUT2D eigenvalue weighted by Crippen LogP contribution is 2.25. The van der Waals surface area contributed by atoms with Gasteiger partial charge >= 0.3 is 5.69 Å². The molecule has 26 heavy (non-hydrogen) atoms. The topological polar surface area (TPSA) is 105 Å². The van der Waals surface area contributed by atoms with E-state index in [0.29, 0.717) is 5.56 Å². The van der Waals surface area contributed by atoms with Crippen LogP contribution in [0, 0.1) is 10.1 Å². The van der Waals surface area contributed by atoms with E-state index in [-0.39, 0.29) is 17.7 Å². The summed E-state index contributed by atoms with van der Waals surface area (Å²) < 4.78 is 0. The van der Waals surface area contributed by atoms with Gasteiger partial charge in [-0.3, -0.25) is 14.9 Å². The molecule has 2 N–H and O–H groups in total. The van der Waals surface area contributed by atoms with Crippen LogP contribution < -0.4 is 5.43 Å². The van der Waals surface area contributed by atoms with Crippen LogP contribution in [-0.4, -0.2) is 22.2 Å². The van der Waals surface area contributed by atoms with Crippen LogP contribution in [0.3, 0.4) is 0 Å². The van der Waals surface area contributed by atoms with E-state index in [0.717, 1.165) is 5.56 Å². The molecule has 0 aliphatic carbocycles. The Bertz CT molecular complexity index is 837. The molecule has 0 aliphatic rings. The summed E-state index contributed by atoms with van der Waals surface area (Å²) in [6.07, 6.45) is 1.46. The fourth-order valence-electron chi connectivity index (χ4n) is 2.29. The number of carbonyl (C=O) groups is 1. The molecule has 0 fully saturated rings. The normalized spacial score (nSPS) is 11.5. The van der Waals surface area contributed by atoms with Gasteiger partial charge in [0.1, 0.15) is 0 Å². The number of rotatable bonds is 5. The molecule has 0 heterocycles. The van der Waals surface area contributed by atoms with Crippen LogP contribution in [0.15, 0.2) is 47.6 Å².